The molecule has 0 aliphatic rings. The van der Waals surface area contributed by atoms with E-state index < -0.39 is 10.8 Å². The minimum Gasteiger partial charge on any atom is -0.303 e. The van der Waals surface area contributed by atoms with Crippen LogP contribution in [-0.4, -0.2) is 30.5 Å². The third-order valence-electron chi connectivity index (χ3n) is 2.16. The molecule has 0 saturated carbocycles. The molecule has 0 saturated heterocycles. The van der Waals surface area contributed by atoms with Crippen LogP contribution in [0.2, 0.25) is 0 Å². The molecule has 80 valence electrons. The van der Waals surface area contributed by atoms with Gasteiger partial charge in [0.1, 0.15) is 5.82 Å². The summed E-state index contributed by atoms with van der Waals surface area (Å²) in [6, 6.07) is 0. The average Bonchev–Trinajstić information content (AvgIpc) is 2.47. The first kappa shape index (κ1) is 11.6. The number of aromatic nitrogens is 3. The van der Waals surface area contributed by atoms with Crippen LogP contribution in [0.5, 0.6) is 0 Å². The highest BCUT2D eigenvalue weighted by Gasteiger charge is 2.11. The number of hydrogen-bond donors (Lipinski definition) is 1. The summed E-state index contributed by atoms with van der Waals surface area (Å²) in [5.74, 6) is 0.923. The van der Waals surface area contributed by atoms with Gasteiger partial charge in [0.2, 0.25) is 0 Å². The fourth-order valence-electron chi connectivity index (χ4n) is 1.17. The molecule has 1 aromatic heterocycles. The largest absolute Gasteiger partial charge is 0.303 e. The molecule has 2 unspecified atom stereocenters. The first-order valence-electron chi connectivity index (χ1n) is 4.52. The molecule has 0 radical (unpaired) electrons. The maximum atomic E-state index is 11.2. The Hall–Kier alpha value is -0.490. The Balaban J connectivity index is 2.90. The SMILES string of the molecule is CCc1n[nH]c(=S)n1CC(C)S(C)=O. The van der Waals surface area contributed by atoms with Crippen molar-refractivity contribution in [2.45, 2.75) is 32.1 Å². The van der Waals surface area contributed by atoms with Crippen LogP contribution in [0.3, 0.4) is 0 Å². The van der Waals surface area contributed by atoms with Gasteiger partial charge in [-0.1, -0.05) is 6.92 Å². The van der Waals surface area contributed by atoms with E-state index in [0.29, 0.717) is 11.3 Å². The molecule has 1 N–H and O–H groups in total. The average molecular weight is 233 g/mol. The van der Waals surface area contributed by atoms with Gasteiger partial charge in [0, 0.05) is 35.3 Å². The zero-order chi connectivity index (χ0) is 10.7. The zero-order valence-corrected chi connectivity index (χ0v) is 10.2. The van der Waals surface area contributed by atoms with E-state index in [1.807, 2.05) is 18.4 Å². The molecule has 0 aliphatic carbocycles. The van der Waals surface area contributed by atoms with Gasteiger partial charge in [-0.25, -0.2) is 0 Å². The fourth-order valence-corrected chi connectivity index (χ4v) is 1.76. The van der Waals surface area contributed by atoms with E-state index >= 15 is 0 Å². The first-order chi connectivity index (χ1) is 6.56. The minimum atomic E-state index is -0.822. The first-order valence-corrected chi connectivity index (χ1v) is 6.55. The number of H-pyrrole nitrogens is 1. The normalized spacial score (nSPS) is 15.4. The molecule has 0 spiro atoms. The van der Waals surface area contributed by atoms with Crippen LogP contribution in [0, 0.1) is 4.77 Å². The van der Waals surface area contributed by atoms with Crippen LogP contribution in [0.25, 0.3) is 0 Å². The van der Waals surface area contributed by atoms with E-state index in [2.05, 4.69) is 10.2 Å². The Bertz CT molecular complexity index is 382. The van der Waals surface area contributed by atoms with E-state index in [4.69, 9.17) is 12.2 Å². The summed E-state index contributed by atoms with van der Waals surface area (Å²) in [6.07, 6.45) is 2.54. The van der Waals surface area contributed by atoms with Crippen molar-refractivity contribution in [1.82, 2.24) is 14.8 Å². The molecule has 4 nitrogen and oxygen atoms in total. The van der Waals surface area contributed by atoms with Crippen LogP contribution in [-0.2, 0) is 23.8 Å². The van der Waals surface area contributed by atoms with Gasteiger partial charge < -0.3 is 4.57 Å². The Morgan fingerprint density at radius 3 is 2.86 bits per heavy atom. The van der Waals surface area contributed by atoms with E-state index in [-0.39, 0.29) is 5.25 Å². The molecular formula is C8H15N3OS2. The molecule has 0 fully saturated rings. The van der Waals surface area contributed by atoms with E-state index in [0.717, 1.165) is 12.2 Å². The maximum Gasteiger partial charge on any atom is 0.195 e. The topological polar surface area (TPSA) is 50.7 Å². The lowest BCUT2D eigenvalue weighted by Gasteiger charge is -2.10. The molecule has 14 heavy (non-hydrogen) atoms. The summed E-state index contributed by atoms with van der Waals surface area (Å²) >= 11 is 5.09. The zero-order valence-electron chi connectivity index (χ0n) is 8.61. The van der Waals surface area contributed by atoms with Crippen molar-refractivity contribution in [2.75, 3.05) is 6.26 Å². The van der Waals surface area contributed by atoms with Crippen molar-refractivity contribution >= 4 is 23.0 Å². The summed E-state index contributed by atoms with van der Waals surface area (Å²) in [5.41, 5.74) is 0. The monoisotopic (exact) mass is 233 g/mol. The number of nitrogens with zero attached hydrogens (tertiary/aromatic N) is 2. The predicted molar refractivity (Wildman–Crippen MR) is 60.3 cm³/mol. The van der Waals surface area contributed by atoms with Gasteiger partial charge in [0.05, 0.1) is 0 Å². The summed E-state index contributed by atoms with van der Waals surface area (Å²) < 4.78 is 13.7. The highest BCUT2D eigenvalue weighted by atomic mass is 32.2. The maximum absolute atomic E-state index is 11.2. The molecule has 0 amide bonds. The summed E-state index contributed by atoms with van der Waals surface area (Å²) in [7, 11) is -0.822. The van der Waals surface area contributed by atoms with E-state index in [1.165, 1.54) is 0 Å². The van der Waals surface area contributed by atoms with E-state index in [9.17, 15) is 4.21 Å². The van der Waals surface area contributed by atoms with Crippen LogP contribution in [0.4, 0.5) is 0 Å². The fraction of sp³-hybridized carbons (Fsp3) is 0.750. The highest BCUT2D eigenvalue weighted by molar-refractivity contribution is 7.84. The molecule has 2 atom stereocenters. The number of aryl methyl sites for hydroxylation is 1. The van der Waals surface area contributed by atoms with Gasteiger partial charge in [-0.2, -0.15) is 5.10 Å². The second kappa shape index (κ2) is 4.84. The second-order valence-electron chi connectivity index (χ2n) is 3.22. The van der Waals surface area contributed by atoms with Gasteiger partial charge in [0.25, 0.3) is 0 Å². The van der Waals surface area contributed by atoms with Crippen molar-refractivity contribution < 1.29 is 4.21 Å². The van der Waals surface area contributed by atoms with Crippen LogP contribution in [0.15, 0.2) is 0 Å². The van der Waals surface area contributed by atoms with Gasteiger partial charge in [-0.15, -0.1) is 0 Å². The second-order valence-corrected chi connectivity index (χ2v) is 5.41. The van der Waals surface area contributed by atoms with Crippen LogP contribution < -0.4 is 0 Å². The molecule has 1 heterocycles. The van der Waals surface area contributed by atoms with Crippen molar-refractivity contribution in [3.05, 3.63) is 10.6 Å². The quantitative estimate of drug-likeness (QED) is 0.797. The van der Waals surface area contributed by atoms with Crippen LogP contribution in [0.1, 0.15) is 19.7 Å². The third kappa shape index (κ3) is 2.51. The molecule has 0 bridgehead atoms. The smallest absolute Gasteiger partial charge is 0.195 e. The molecule has 1 rings (SSSR count). The molecule has 6 heteroatoms. The Kier molecular flexibility index (Phi) is 4.00. The van der Waals surface area contributed by atoms with Crippen molar-refractivity contribution in [3.63, 3.8) is 0 Å². The summed E-state index contributed by atoms with van der Waals surface area (Å²) in [6.45, 7) is 4.64. The Morgan fingerprint density at radius 2 is 2.36 bits per heavy atom. The number of hydrogen-bond acceptors (Lipinski definition) is 3. The lowest BCUT2D eigenvalue weighted by atomic mass is 10.4. The van der Waals surface area contributed by atoms with Gasteiger partial charge in [-0.3, -0.25) is 9.31 Å². The standard InChI is InChI=1S/C8H15N3OS2/c1-4-7-9-10-8(13)11(7)5-6(2)14(3)12/h6H,4-5H2,1-3H3,(H,10,13). The van der Waals surface area contributed by atoms with Crippen molar-refractivity contribution in [3.8, 4) is 0 Å². The predicted octanol–water partition coefficient (Wildman–Crippen LogP) is 1.27. The third-order valence-corrected chi connectivity index (χ3v) is 3.75. The number of rotatable bonds is 4. The molecule has 0 aromatic carbocycles. The Labute approximate surface area is 91.2 Å². The summed E-state index contributed by atoms with van der Waals surface area (Å²) in [5, 5.41) is 6.94. The lowest BCUT2D eigenvalue weighted by molar-refractivity contribution is 0.620. The molecular weight excluding hydrogens is 218 g/mol. The van der Waals surface area contributed by atoms with Gasteiger partial charge in [-0.05, 0) is 19.1 Å². The summed E-state index contributed by atoms with van der Waals surface area (Å²) in [4.78, 5) is 0. The van der Waals surface area contributed by atoms with Gasteiger partial charge >= 0.3 is 0 Å². The minimum absolute atomic E-state index is 0.101. The van der Waals surface area contributed by atoms with E-state index in [1.54, 1.807) is 6.26 Å². The van der Waals surface area contributed by atoms with Crippen molar-refractivity contribution in [2.24, 2.45) is 0 Å². The molecule has 1 aromatic rings. The number of aromatic amines is 1. The molecule has 0 aliphatic heterocycles. The highest BCUT2D eigenvalue weighted by Crippen LogP contribution is 2.04. The number of nitrogens with one attached hydrogen (secondary N) is 1. The van der Waals surface area contributed by atoms with Crippen LogP contribution >= 0.6 is 12.2 Å². The lowest BCUT2D eigenvalue weighted by Crippen LogP contribution is -2.19. The Morgan fingerprint density at radius 1 is 1.71 bits per heavy atom. The van der Waals surface area contributed by atoms with Crippen molar-refractivity contribution in [1.29, 1.82) is 0 Å². The van der Waals surface area contributed by atoms with Gasteiger partial charge in [0.15, 0.2) is 4.77 Å².